The van der Waals surface area contributed by atoms with Gasteiger partial charge in [-0.1, -0.05) is 13.5 Å². The SMILES string of the molecule is C=C(CC)Nc1ccc(F)cc1. The molecule has 0 amide bonds. The minimum atomic E-state index is -0.220. The summed E-state index contributed by atoms with van der Waals surface area (Å²) in [5.41, 5.74) is 1.81. The fraction of sp³-hybridized carbons (Fsp3) is 0.200. The van der Waals surface area contributed by atoms with Crippen molar-refractivity contribution < 1.29 is 4.39 Å². The number of allylic oxidation sites excluding steroid dienone is 1. The molecule has 0 bridgehead atoms. The second kappa shape index (κ2) is 3.90. The molecular formula is C10H12FN. The van der Waals surface area contributed by atoms with Crippen molar-refractivity contribution in [1.29, 1.82) is 0 Å². The molecule has 1 nitrogen and oxygen atoms in total. The Morgan fingerprint density at radius 3 is 2.50 bits per heavy atom. The lowest BCUT2D eigenvalue weighted by Crippen LogP contribution is -1.95. The van der Waals surface area contributed by atoms with Gasteiger partial charge < -0.3 is 5.32 Å². The van der Waals surface area contributed by atoms with E-state index in [0.717, 1.165) is 17.8 Å². The van der Waals surface area contributed by atoms with Crippen LogP contribution in [0.2, 0.25) is 0 Å². The van der Waals surface area contributed by atoms with Crippen molar-refractivity contribution in [2.45, 2.75) is 13.3 Å². The molecule has 0 saturated carbocycles. The fourth-order valence-corrected chi connectivity index (χ4v) is 0.826. The van der Waals surface area contributed by atoms with Crippen LogP contribution in [-0.4, -0.2) is 0 Å². The zero-order valence-corrected chi connectivity index (χ0v) is 7.10. The third-order valence-electron chi connectivity index (χ3n) is 1.59. The molecule has 1 aromatic rings. The van der Waals surface area contributed by atoms with Crippen molar-refractivity contribution in [3.63, 3.8) is 0 Å². The third kappa shape index (κ3) is 2.38. The first-order valence-electron chi connectivity index (χ1n) is 3.92. The van der Waals surface area contributed by atoms with Crippen LogP contribution in [0.3, 0.4) is 0 Å². The monoisotopic (exact) mass is 165 g/mol. The van der Waals surface area contributed by atoms with E-state index in [-0.39, 0.29) is 5.82 Å². The van der Waals surface area contributed by atoms with Crippen LogP contribution >= 0.6 is 0 Å². The van der Waals surface area contributed by atoms with Crippen LogP contribution < -0.4 is 5.32 Å². The number of rotatable bonds is 3. The number of anilines is 1. The third-order valence-corrected chi connectivity index (χ3v) is 1.59. The Labute approximate surface area is 71.9 Å². The van der Waals surface area contributed by atoms with Gasteiger partial charge in [0.2, 0.25) is 0 Å². The van der Waals surface area contributed by atoms with E-state index in [9.17, 15) is 4.39 Å². The molecule has 2 heteroatoms. The van der Waals surface area contributed by atoms with Gasteiger partial charge in [0.05, 0.1) is 0 Å². The zero-order chi connectivity index (χ0) is 8.97. The van der Waals surface area contributed by atoms with Crippen molar-refractivity contribution in [2.24, 2.45) is 0 Å². The number of hydrogen-bond donors (Lipinski definition) is 1. The molecule has 1 rings (SSSR count). The van der Waals surface area contributed by atoms with Crippen molar-refractivity contribution in [2.75, 3.05) is 5.32 Å². The lowest BCUT2D eigenvalue weighted by Gasteiger charge is -2.06. The second-order valence-electron chi connectivity index (χ2n) is 2.59. The molecule has 0 aliphatic carbocycles. The van der Waals surface area contributed by atoms with E-state index in [1.165, 1.54) is 12.1 Å². The molecule has 0 aliphatic rings. The highest BCUT2D eigenvalue weighted by atomic mass is 19.1. The Balaban J connectivity index is 2.64. The Bertz CT molecular complexity index is 264. The molecule has 64 valence electrons. The first kappa shape index (κ1) is 8.78. The average Bonchev–Trinajstić information content (AvgIpc) is 2.09. The van der Waals surface area contributed by atoms with Crippen LogP contribution in [0.15, 0.2) is 36.5 Å². The van der Waals surface area contributed by atoms with Crippen LogP contribution in [0.1, 0.15) is 13.3 Å². The number of benzene rings is 1. The molecule has 1 N–H and O–H groups in total. The van der Waals surface area contributed by atoms with E-state index in [1.807, 2.05) is 6.92 Å². The van der Waals surface area contributed by atoms with E-state index in [0.29, 0.717) is 0 Å². The molecule has 0 saturated heterocycles. The molecular weight excluding hydrogens is 153 g/mol. The molecule has 0 radical (unpaired) electrons. The fourth-order valence-electron chi connectivity index (χ4n) is 0.826. The summed E-state index contributed by atoms with van der Waals surface area (Å²) in [6, 6.07) is 6.23. The van der Waals surface area contributed by atoms with E-state index in [4.69, 9.17) is 0 Å². The molecule has 0 atom stereocenters. The van der Waals surface area contributed by atoms with Crippen LogP contribution in [-0.2, 0) is 0 Å². The highest BCUT2D eigenvalue weighted by Crippen LogP contribution is 2.11. The van der Waals surface area contributed by atoms with Gasteiger partial charge >= 0.3 is 0 Å². The topological polar surface area (TPSA) is 12.0 Å². The minimum Gasteiger partial charge on any atom is -0.359 e. The van der Waals surface area contributed by atoms with Gasteiger partial charge in [-0.15, -0.1) is 0 Å². The van der Waals surface area contributed by atoms with Crippen molar-refractivity contribution >= 4 is 5.69 Å². The van der Waals surface area contributed by atoms with Crippen LogP contribution in [0, 0.1) is 5.82 Å². The lowest BCUT2D eigenvalue weighted by atomic mass is 10.3. The first-order chi connectivity index (χ1) is 5.72. The largest absolute Gasteiger partial charge is 0.359 e. The highest BCUT2D eigenvalue weighted by molar-refractivity contribution is 5.47. The van der Waals surface area contributed by atoms with Gasteiger partial charge in [-0.3, -0.25) is 0 Å². The number of hydrogen-bond acceptors (Lipinski definition) is 1. The van der Waals surface area contributed by atoms with Crippen LogP contribution in [0.4, 0.5) is 10.1 Å². The maximum absolute atomic E-state index is 12.5. The van der Waals surface area contributed by atoms with E-state index >= 15 is 0 Å². The molecule has 0 aliphatic heterocycles. The maximum Gasteiger partial charge on any atom is 0.123 e. The maximum atomic E-state index is 12.5. The molecule has 1 aromatic carbocycles. The second-order valence-corrected chi connectivity index (χ2v) is 2.59. The smallest absolute Gasteiger partial charge is 0.123 e. The average molecular weight is 165 g/mol. The normalized spacial score (nSPS) is 9.50. The molecule has 0 unspecified atom stereocenters. The van der Waals surface area contributed by atoms with Crippen molar-refractivity contribution in [1.82, 2.24) is 0 Å². The molecule has 0 spiro atoms. The molecule has 12 heavy (non-hydrogen) atoms. The minimum absolute atomic E-state index is 0.220. The van der Waals surface area contributed by atoms with Gasteiger partial charge in [-0.2, -0.15) is 0 Å². The molecule has 0 fully saturated rings. The van der Waals surface area contributed by atoms with Gasteiger partial charge in [-0.05, 0) is 30.7 Å². The van der Waals surface area contributed by atoms with Crippen molar-refractivity contribution in [3.8, 4) is 0 Å². The van der Waals surface area contributed by atoms with Gasteiger partial charge in [0.15, 0.2) is 0 Å². The Kier molecular flexibility index (Phi) is 2.86. The quantitative estimate of drug-likeness (QED) is 0.725. The van der Waals surface area contributed by atoms with Gasteiger partial charge in [0, 0.05) is 11.4 Å². The highest BCUT2D eigenvalue weighted by Gasteiger charge is 1.93. The van der Waals surface area contributed by atoms with E-state index < -0.39 is 0 Å². The van der Waals surface area contributed by atoms with Crippen LogP contribution in [0.25, 0.3) is 0 Å². The summed E-state index contributed by atoms with van der Waals surface area (Å²) >= 11 is 0. The van der Waals surface area contributed by atoms with Gasteiger partial charge in [0.1, 0.15) is 5.82 Å². The Morgan fingerprint density at radius 2 is 2.00 bits per heavy atom. The van der Waals surface area contributed by atoms with Crippen LogP contribution in [0.5, 0.6) is 0 Å². The summed E-state index contributed by atoms with van der Waals surface area (Å²) in [5.74, 6) is -0.220. The first-order valence-corrected chi connectivity index (χ1v) is 3.92. The van der Waals surface area contributed by atoms with Crippen molar-refractivity contribution in [3.05, 3.63) is 42.4 Å². The predicted octanol–water partition coefficient (Wildman–Crippen LogP) is 3.16. The zero-order valence-electron chi connectivity index (χ0n) is 7.10. The number of nitrogens with one attached hydrogen (secondary N) is 1. The molecule has 0 heterocycles. The van der Waals surface area contributed by atoms with Gasteiger partial charge in [-0.25, -0.2) is 4.39 Å². The number of halogens is 1. The summed E-state index contributed by atoms with van der Waals surface area (Å²) in [4.78, 5) is 0. The molecule has 0 aromatic heterocycles. The summed E-state index contributed by atoms with van der Waals surface area (Å²) in [6.45, 7) is 5.80. The lowest BCUT2D eigenvalue weighted by molar-refractivity contribution is 0.628. The Hall–Kier alpha value is -1.31. The predicted molar refractivity (Wildman–Crippen MR) is 49.5 cm³/mol. The summed E-state index contributed by atoms with van der Waals surface area (Å²) in [5, 5.41) is 3.06. The van der Waals surface area contributed by atoms with Gasteiger partial charge in [0.25, 0.3) is 0 Å². The van der Waals surface area contributed by atoms with E-state index in [2.05, 4.69) is 11.9 Å². The standard InChI is InChI=1S/C10H12FN/c1-3-8(2)12-10-6-4-9(11)5-7-10/h4-7,12H,2-3H2,1H3. The summed E-state index contributed by atoms with van der Waals surface area (Å²) in [6.07, 6.45) is 0.872. The summed E-state index contributed by atoms with van der Waals surface area (Å²) in [7, 11) is 0. The van der Waals surface area contributed by atoms with E-state index in [1.54, 1.807) is 12.1 Å². The summed E-state index contributed by atoms with van der Waals surface area (Å²) < 4.78 is 12.5. The Morgan fingerprint density at radius 1 is 1.42 bits per heavy atom.